The van der Waals surface area contributed by atoms with E-state index < -0.39 is 29.4 Å². The number of nitrogens with two attached hydrogens (primary N) is 1. The Morgan fingerprint density at radius 1 is 1.05 bits per heavy atom. The number of fused-ring (bicyclic) bond motifs is 1. The minimum absolute atomic E-state index is 0.0530. The van der Waals surface area contributed by atoms with E-state index in [1.54, 1.807) is 23.6 Å². The van der Waals surface area contributed by atoms with E-state index in [1.807, 2.05) is 62.4 Å². The van der Waals surface area contributed by atoms with Crippen LogP contribution in [-0.4, -0.2) is 47.8 Å². The van der Waals surface area contributed by atoms with Gasteiger partial charge in [-0.15, -0.1) is 0 Å². The third kappa shape index (κ3) is 6.70. The molecular formula is C31H41N5O4. The summed E-state index contributed by atoms with van der Waals surface area (Å²) < 4.78 is 0. The summed E-state index contributed by atoms with van der Waals surface area (Å²) in [4.78, 5) is 56.6. The standard InChI is InChI=1S/C31H41N5O4/c1-20(2)17-23(34-30(40)31(3,4)32)28(38)33-24-18-22-13-10-14-25(35-16-9-8-15-26(35)37)27(22)36(29(24)39)19-21-11-6-5-7-12-21/h5-7,10-14,20,23-24H,8-9,15-19,32H2,1-4H3,(H,33,38)(H,34,40)/t23-,24?/m1/s1. The smallest absolute Gasteiger partial charge is 0.250 e. The highest BCUT2D eigenvalue weighted by atomic mass is 16.2. The molecule has 0 radical (unpaired) electrons. The number of nitrogens with one attached hydrogen (secondary N) is 2. The van der Waals surface area contributed by atoms with Crippen LogP contribution in [0.4, 0.5) is 11.4 Å². The molecule has 40 heavy (non-hydrogen) atoms. The van der Waals surface area contributed by atoms with E-state index in [-0.39, 0.29) is 24.2 Å². The third-order valence-corrected chi connectivity index (χ3v) is 7.38. The molecule has 2 aliphatic heterocycles. The number of hydrogen-bond acceptors (Lipinski definition) is 5. The Morgan fingerprint density at radius 2 is 1.77 bits per heavy atom. The Labute approximate surface area is 236 Å². The van der Waals surface area contributed by atoms with Crippen LogP contribution in [0.2, 0.25) is 0 Å². The monoisotopic (exact) mass is 547 g/mol. The molecule has 4 rings (SSSR count). The average Bonchev–Trinajstić information content (AvgIpc) is 2.90. The molecule has 2 aromatic rings. The normalized spacial score (nSPS) is 18.4. The zero-order valence-corrected chi connectivity index (χ0v) is 23.9. The van der Waals surface area contributed by atoms with Crippen molar-refractivity contribution in [3.05, 3.63) is 59.7 Å². The molecule has 0 spiro atoms. The summed E-state index contributed by atoms with van der Waals surface area (Å²) in [5.74, 6) is -0.933. The van der Waals surface area contributed by atoms with Gasteiger partial charge in [-0.1, -0.05) is 56.3 Å². The predicted molar refractivity (Wildman–Crippen MR) is 156 cm³/mol. The van der Waals surface area contributed by atoms with Gasteiger partial charge in [0, 0.05) is 19.4 Å². The van der Waals surface area contributed by atoms with Gasteiger partial charge in [0.2, 0.25) is 23.6 Å². The minimum atomic E-state index is -1.15. The summed E-state index contributed by atoms with van der Waals surface area (Å²) in [6, 6.07) is 13.7. The Morgan fingerprint density at radius 3 is 2.42 bits per heavy atom. The van der Waals surface area contributed by atoms with Gasteiger partial charge in [0.25, 0.3) is 0 Å². The molecule has 0 saturated carbocycles. The van der Waals surface area contributed by atoms with Crippen LogP contribution in [0.3, 0.4) is 0 Å². The predicted octanol–water partition coefficient (Wildman–Crippen LogP) is 3.05. The summed E-state index contributed by atoms with van der Waals surface area (Å²) in [5, 5.41) is 5.70. The molecular weight excluding hydrogens is 506 g/mol. The lowest BCUT2D eigenvalue weighted by Crippen LogP contribution is -2.59. The SMILES string of the molecule is CC(C)C[C@@H](NC(=O)C(C)(C)N)C(=O)NC1Cc2cccc(N3CCCCC3=O)c2N(Cc2ccccc2)C1=O. The van der Waals surface area contributed by atoms with Crippen molar-refractivity contribution in [1.29, 1.82) is 0 Å². The van der Waals surface area contributed by atoms with Gasteiger partial charge in [0.15, 0.2) is 0 Å². The van der Waals surface area contributed by atoms with Crippen molar-refractivity contribution < 1.29 is 19.2 Å². The van der Waals surface area contributed by atoms with Gasteiger partial charge in [-0.3, -0.25) is 19.2 Å². The van der Waals surface area contributed by atoms with Gasteiger partial charge in [-0.2, -0.15) is 0 Å². The zero-order valence-electron chi connectivity index (χ0n) is 23.9. The lowest BCUT2D eigenvalue weighted by molar-refractivity contribution is -0.133. The summed E-state index contributed by atoms with van der Waals surface area (Å²) in [6.07, 6.45) is 2.94. The van der Waals surface area contributed by atoms with Crippen molar-refractivity contribution in [3.8, 4) is 0 Å². The number of rotatable bonds is 9. The molecule has 9 nitrogen and oxygen atoms in total. The Hall–Kier alpha value is -3.72. The highest BCUT2D eigenvalue weighted by molar-refractivity contribution is 6.08. The molecule has 2 heterocycles. The first-order chi connectivity index (χ1) is 19.0. The van der Waals surface area contributed by atoms with E-state index in [4.69, 9.17) is 5.73 Å². The van der Waals surface area contributed by atoms with Crippen molar-refractivity contribution in [2.24, 2.45) is 11.7 Å². The van der Waals surface area contributed by atoms with Crippen LogP contribution in [0.25, 0.3) is 0 Å². The van der Waals surface area contributed by atoms with Gasteiger partial charge < -0.3 is 26.2 Å². The van der Waals surface area contributed by atoms with Crippen LogP contribution in [-0.2, 0) is 32.1 Å². The number of nitrogens with zero attached hydrogens (tertiary/aromatic N) is 2. The lowest BCUT2D eigenvalue weighted by atomic mass is 9.93. The van der Waals surface area contributed by atoms with Gasteiger partial charge >= 0.3 is 0 Å². The second kappa shape index (κ2) is 12.2. The maximum atomic E-state index is 14.1. The van der Waals surface area contributed by atoms with Crippen LogP contribution in [0.5, 0.6) is 0 Å². The molecule has 2 aliphatic rings. The maximum Gasteiger partial charge on any atom is 0.250 e. The van der Waals surface area contributed by atoms with E-state index in [1.165, 1.54) is 0 Å². The Bertz CT molecular complexity index is 1250. The number of para-hydroxylation sites is 1. The topological polar surface area (TPSA) is 125 Å². The number of hydrogen-bond donors (Lipinski definition) is 3. The fourth-order valence-electron chi connectivity index (χ4n) is 5.29. The van der Waals surface area contributed by atoms with Gasteiger partial charge in [-0.25, -0.2) is 0 Å². The molecule has 4 amide bonds. The highest BCUT2D eigenvalue weighted by Crippen LogP contribution is 2.39. The van der Waals surface area contributed by atoms with Gasteiger partial charge in [0.05, 0.1) is 23.5 Å². The van der Waals surface area contributed by atoms with E-state index in [2.05, 4.69) is 10.6 Å². The second-order valence-electron chi connectivity index (χ2n) is 11.8. The third-order valence-electron chi connectivity index (χ3n) is 7.38. The molecule has 2 atom stereocenters. The Kier molecular flexibility index (Phi) is 8.93. The van der Waals surface area contributed by atoms with Crippen LogP contribution in [0.15, 0.2) is 48.5 Å². The number of amides is 4. The fourth-order valence-corrected chi connectivity index (χ4v) is 5.29. The highest BCUT2D eigenvalue weighted by Gasteiger charge is 2.39. The molecule has 2 aromatic carbocycles. The number of carbonyl (C=O) groups excluding carboxylic acids is 4. The lowest BCUT2D eigenvalue weighted by Gasteiger charge is -2.39. The van der Waals surface area contributed by atoms with Crippen LogP contribution < -0.4 is 26.2 Å². The van der Waals surface area contributed by atoms with Crippen molar-refractivity contribution in [1.82, 2.24) is 10.6 Å². The molecule has 0 bridgehead atoms. The number of carbonyl (C=O) groups is 4. The van der Waals surface area contributed by atoms with E-state index in [0.29, 0.717) is 31.6 Å². The number of anilines is 2. The van der Waals surface area contributed by atoms with E-state index >= 15 is 0 Å². The molecule has 4 N–H and O–H groups in total. The first kappa shape index (κ1) is 29.3. The zero-order chi connectivity index (χ0) is 29.0. The maximum absolute atomic E-state index is 14.1. The summed E-state index contributed by atoms with van der Waals surface area (Å²) in [5.41, 5.74) is 8.07. The van der Waals surface area contributed by atoms with Gasteiger partial charge in [-0.05, 0) is 56.2 Å². The number of piperidine rings is 1. The molecule has 1 saturated heterocycles. The fraction of sp³-hybridized carbons (Fsp3) is 0.484. The average molecular weight is 548 g/mol. The van der Waals surface area contributed by atoms with Crippen molar-refractivity contribution in [2.75, 3.05) is 16.3 Å². The van der Waals surface area contributed by atoms with E-state index in [9.17, 15) is 19.2 Å². The van der Waals surface area contributed by atoms with E-state index in [0.717, 1.165) is 29.7 Å². The summed E-state index contributed by atoms with van der Waals surface area (Å²) in [7, 11) is 0. The second-order valence-corrected chi connectivity index (χ2v) is 11.8. The van der Waals surface area contributed by atoms with Crippen molar-refractivity contribution >= 4 is 35.0 Å². The molecule has 9 heteroatoms. The molecule has 0 aromatic heterocycles. The molecule has 214 valence electrons. The first-order valence-corrected chi connectivity index (χ1v) is 14.1. The van der Waals surface area contributed by atoms with Crippen LogP contribution in [0, 0.1) is 5.92 Å². The minimum Gasteiger partial charge on any atom is -0.343 e. The molecule has 1 fully saturated rings. The first-order valence-electron chi connectivity index (χ1n) is 14.1. The van der Waals surface area contributed by atoms with Crippen LogP contribution in [0.1, 0.15) is 64.5 Å². The number of benzene rings is 2. The summed E-state index contributed by atoms with van der Waals surface area (Å²) in [6.45, 7) is 8.00. The quantitative estimate of drug-likeness (QED) is 0.445. The summed E-state index contributed by atoms with van der Waals surface area (Å²) >= 11 is 0. The van der Waals surface area contributed by atoms with Gasteiger partial charge in [0.1, 0.15) is 12.1 Å². The van der Waals surface area contributed by atoms with Crippen molar-refractivity contribution in [2.45, 2.75) is 84.0 Å². The Balaban J connectivity index is 1.67. The largest absolute Gasteiger partial charge is 0.343 e. The molecule has 0 aliphatic carbocycles. The van der Waals surface area contributed by atoms with Crippen molar-refractivity contribution in [3.63, 3.8) is 0 Å². The van der Waals surface area contributed by atoms with Crippen LogP contribution >= 0.6 is 0 Å². The molecule has 1 unspecified atom stereocenters.